The molecular weight excluding hydrogens is 306 g/mol. The van der Waals surface area contributed by atoms with E-state index < -0.39 is 0 Å². The van der Waals surface area contributed by atoms with Gasteiger partial charge in [-0.15, -0.1) is 0 Å². The van der Waals surface area contributed by atoms with Gasteiger partial charge >= 0.3 is 0 Å². The van der Waals surface area contributed by atoms with E-state index in [1.807, 2.05) is 53.4 Å². The van der Waals surface area contributed by atoms with Crippen LogP contribution in [0.3, 0.4) is 0 Å². The minimum Gasteiger partial charge on any atom is -0.287 e. The number of rotatable bonds is 4. The zero-order valence-corrected chi connectivity index (χ0v) is 13.8. The van der Waals surface area contributed by atoms with Crippen LogP contribution in [0.25, 0.3) is 22.3 Å². The maximum absolute atomic E-state index is 12.3. The van der Waals surface area contributed by atoms with Crippen LogP contribution in [-0.4, -0.2) is 5.78 Å². The van der Waals surface area contributed by atoms with E-state index in [0.29, 0.717) is 6.54 Å². The Balaban J connectivity index is 1.56. The average Bonchev–Trinajstić information content (AvgIpc) is 2.93. The lowest BCUT2D eigenvalue weighted by atomic mass is 10.1. The molecule has 0 aliphatic heterocycles. The molecule has 25 heavy (non-hydrogen) atoms. The van der Waals surface area contributed by atoms with Crippen molar-refractivity contribution >= 4 is 5.78 Å². The van der Waals surface area contributed by atoms with Crippen LogP contribution in [-0.2, 0) is 6.54 Å². The van der Waals surface area contributed by atoms with Crippen LogP contribution in [0, 0.1) is 0 Å². The highest BCUT2D eigenvalue weighted by atomic mass is 16.1. The van der Waals surface area contributed by atoms with Crippen LogP contribution in [0.15, 0.2) is 97.3 Å². The summed E-state index contributed by atoms with van der Waals surface area (Å²) in [4.78, 5) is 12.3. The van der Waals surface area contributed by atoms with Gasteiger partial charge in [-0.2, -0.15) is 4.57 Å². The Labute approximate surface area is 147 Å². The Kier molecular flexibility index (Phi) is 4.09. The maximum Gasteiger partial charge on any atom is 0.227 e. The second-order valence-corrected chi connectivity index (χ2v) is 6.11. The predicted molar refractivity (Wildman–Crippen MR) is 99.5 cm³/mol. The normalized spacial score (nSPS) is 10.7. The third-order valence-corrected chi connectivity index (χ3v) is 4.38. The first-order valence-electron chi connectivity index (χ1n) is 8.36. The van der Waals surface area contributed by atoms with Crippen LogP contribution >= 0.6 is 0 Å². The fraction of sp³-hybridized carbons (Fsp3) is 0.0435. The van der Waals surface area contributed by atoms with E-state index in [4.69, 9.17) is 0 Å². The van der Waals surface area contributed by atoms with Crippen molar-refractivity contribution in [1.82, 2.24) is 0 Å². The number of carbonyl (C=O) groups excluding carboxylic acids is 1. The SMILES string of the molecule is O=C(C[n+]1ccc(-c2cc3cccccc-3c2)cc1)c1ccccc1. The van der Waals surface area contributed by atoms with Crippen LogP contribution in [0.5, 0.6) is 0 Å². The smallest absolute Gasteiger partial charge is 0.227 e. The highest BCUT2D eigenvalue weighted by Crippen LogP contribution is 2.31. The Morgan fingerprint density at radius 2 is 1.20 bits per heavy atom. The molecule has 2 heteroatoms. The van der Waals surface area contributed by atoms with Gasteiger partial charge in [-0.1, -0.05) is 60.7 Å². The third-order valence-electron chi connectivity index (χ3n) is 4.38. The number of carbonyl (C=O) groups is 1. The first-order valence-corrected chi connectivity index (χ1v) is 8.36. The summed E-state index contributed by atoms with van der Waals surface area (Å²) < 4.78 is 1.92. The van der Waals surface area contributed by atoms with E-state index in [0.717, 1.165) is 11.1 Å². The Bertz CT molecular complexity index is 943. The van der Waals surface area contributed by atoms with Crippen LogP contribution in [0.4, 0.5) is 0 Å². The molecule has 1 heterocycles. The van der Waals surface area contributed by atoms with E-state index in [9.17, 15) is 4.79 Å². The molecule has 4 rings (SSSR count). The van der Waals surface area contributed by atoms with Gasteiger partial charge in [0.1, 0.15) is 0 Å². The number of ketones is 1. The van der Waals surface area contributed by atoms with Crippen molar-refractivity contribution < 1.29 is 9.36 Å². The number of pyridine rings is 1. The van der Waals surface area contributed by atoms with Crippen molar-refractivity contribution in [3.8, 4) is 22.3 Å². The standard InChI is InChI=1S/C23H18NO/c25-23(19-7-3-1-4-8-19)17-24-13-11-18(12-14-24)22-15-20-9-5-2-6-10-21(20)16-22/h1-16H,17H2/q+1. The van der Waals surface area contributed by atoms with Gasteiger partial charge in [0.25, 0.3) is 0 Å². The van der Waals surface area contributed by atoms with Crippen molar-refractivity contribution in [2.24, 2.45) is 0 Å². The number of benzene rings is 1. The average molecular weight is 324 g/mol. The molecule has 0 unspecified atom stereocenters. The number of fused-ring (bicyclic) bond motifs is 1. The molecule has 2 aliphatic carbocycles. The van der Waals surface area contributed by atoms with Crippen molar-refractivity contribution in [1.29, 1.82) is 0 Å². The minimum absolute atomic E-state index is 0.116. The van der Waals surface area contributed by atoms with Gasteiger partial charge in [-0.05, 0) is 34.4 Å². The molecule has 0 saturated carbocycles. The van der Waals surface area contributed by atoms with Crippen LogP contribution in [0.2, 0.25) is 0 Å². The van der Waals surface area contributed by atoms with Crippen molar-refractivity contribution in [2.45, 2.75) is 6.54 Å². The topological polar surface area (TPSA) is 20.9 Å². The monoisotopic (exact) mass is 324 g/mol. The van der Waals surface area contributed by atoms with E-state index >= 15 is 0 Å². The molecule has 2 nitrogen and oxygen atoms in total. The molecular formula is C23H18NO+. The Morgan fingerprint density at radius 3 is 1.80 bits per heavy atom. The summed E-state index contributed by atoms with van der Waals surface area (Å²) in [5.74, 6) is 0.116. The van der Waals surface area contributed by atoms with Crippen LogP contribution < -0.4 is 4.57 Å². The van der Waals surface area contributed by atoms with Crippen molar-refractivity contribution in [3.63, 3.8) is 0 Å². The highest BCUT2D eigenvalue weighted by molar-refractivity contribution is 5.94. The van der Waals surface area contributed by atoms with Gasteiger partial charge in [-0.25, -0.2) is 0 Å². The van der Waals surface area contributed by atoms with Gasteiger partial charge in [0.2, 0.25) is 12.3 Å². The largest absolute Gasteiger partial charge is 0.287 e. The highest BCUT2D eigenvalue weighted by Gasteiger charge is 2.12. The third kappa shape index (κ3) is 3.33. The lowest BCUT2D eigenvalue weighted by Gasteiger charge is -1.99. The molecule has 0 amide bonds. The van der Waals surface area contributed by atoms with Gasteiger partial charge in [0.15, 0.2) is 12.4 Å². The number of nitrogens with zero attached hydrogens (tertiary/aromatic N) is 1. The summed E-state index contributed by atoms with van der Waals surface area (Å²) in [7, 11) is 0. The molecule has 0 saturated heterocycles. The molecule has 0 N–H and O–H groups in total. The molecule has 120 valence electrons. The first-order chi connectivity index (χ1) is 12.3. The summed E-state index contributed by atoms with van der Waals surface area (Å²) >= 11 is 0. The molecule has 1 aromatic carbocycles. The quantitative estimate of drug-likeness (QED) is 0.396. The molecule has 2 aliphatic rings. The molecule has 0 radical (unpaired) electrons. The molecule has 1 aromatic heterocycles. The molecule has 0 atom stereocenters. The van der Waals surface area contributed by atoms with Gasteiger partial charge in [0, 0.05) is 17.7 Å². The predicted octanol–water partition coefficient (Wildman–Crippen LogP) is 4.63. The number of hydrogen-bond donors (Lipinski definition) is 0. The van der Waals surface area contributed by atoms with Crippen molar-refractivity contribution in [3.05, 3.63) is 103 Å². The van der Waals surface area contributed by atoms with E-state index in [2.05, 4.69) is 48.5 Å². The van der Waals surface area contributed by atoms with Gasteiger partial charge in [0.05, 0.1) is 0 Å². The van der Waals surface area contributed by atoms with Crippen molar-refractivity contribution in [2.75, 3.05) is 0 Å². The zero-order valence-electron chi connectivity index (χ0n) is 13.8. The fourth-order valence-electron chi connectivity index (χ4n) is 3.02. The first kappa shape index (κ1) is 15.3. The number of aromatic nitrogens is 1. The lowest BCUT2D eigenvalue weighted by molar-refractivity contribution is -0.683. The van der Waals surface area contributed by atoms with Gasteiger partial charge in [-0.3, -0.25) is 4.79 Å². The number of hydrogen-bond acceptors (Lipinski definition) is 1. The lowest BCUT2D eigenvalue weighted by Crippen LogP contribution is -2.37. The summed E-state index contributed by atoms with van der Waals surface area (Å²) in [6, 6.07) is 28.3. The second-order valence-electron chi connectivity index (χ2n) is 6.11. The maximum atomic E-state index is 12.3. The summed E-state index contributed by atoms with van der Waals surface area (Å²) in [6.45, 7) is 0.350. The molecule has 0 bridgehead atoms. The summed E-state index contributed by atoms with van der Waals surface area (Å²) in [5, 5.41) is 0. The van der Waals surface area contributed by atoms with E-state index in [1.165, 1.54) is 16.7 Å². The summed E-state index contributed by atoms with van der Waals surface area (Å²) in [6.07, 6.45) is 3.93. The second kappa shape index (κ2) is 6.70. The number of Topliss-reactive ketones (excluding diaryl/α,β-unsaturated/α-hetero) is 1. The fourth-order valence-corrected chi connectivity index (χ4v) is 3.02. The van der Waals surface area contributed by atoms with Gasteiger partial charge < -0.3 is 0 Å². The van der Waals surface area contributed by atoms with Crippen LogP contribution in [0.1, 0.15) is 10.4 Å². The van der Waals surface area contributed by atoms with E-state index in [1.54, 1.807) is 0 Å². The summed E-state index contributed by atoms with van der Waals surface area (Å²) in [5.41, 5.74) is 5.56. The Morgan fingerprint density at radius 1 is 0.640 bits per heavy atom. The molecule has 2 aromatic rings. The Hall–Kier alpha value is -3.26. The zero-order chi connectivity index (χ0) is 17.1. The molecule has 0 spiro atoms. The van der Waals surface area contributed by atoms with E-state index in [-0.39, 0.29) is 5.78 Å². The minimum atomic E-state index is 0.116. The molecule has 0 fully saturated rings.